The lowest BCUT2D eigenvalue weighted by molar-refractivity contribution is 0.0605. The van der Waals surface area contributed by atoms with Crippen molar-refractivity contribution in [3.05, 3.63) is 75.6 Å². The van der Waals surface area contributed by atoms with E-state index in [9.17, 15) is 4.79 Å². The molecule has 4 rings (SSSR count). The standard InChI is InChI=1S/C23H21N3O3S/c1-13-10-14(2)20-17(11-13)18(12-19(29-20)16-8-6-5-7-9-16)25-26-23-24-15(3)21(30-23)22(27)28-4/h5-12H,1-4H3,(H,24,26)/b25-18-. The van der Waals surface area contributed by atoms with Gasteiger partial charge in [-0.2, -0.15) is 5.10 Å². The van der Waals surface area contributed by atoms with Gasteiger partial charge < -0.3 is 9.15 Å². The molecule has 0 unspecified atom stereocenters. The molecule has 0 saturated carbocycles. The van der Waals surface area contributed by atoms with Crippen LogP contribution in [0.4, 0.5) is 5.13 Å². The maximum Gasteiger partial charge on any atom is 0.350 e. The van der Waals surface area contributed by atoms with Gasteiger partial charge in [-0.15, -0.1) is 0 Å². The second-order valence-electron chi connectivity index (χ2n) is 6.97. The number of nitrogens with zero attached hydrogens (tertiary/aromatic N) is 2. The van der Waals surface area contributed by atoms with Gasteiger partial charge in [0, 0.05) is 17.0 Å². The summed E-state index contributed by atoms with van der Waals surface area (Å²) in [4.78, 5) is 16.7. The van der Waals surface area contributed by atoms with Gasteiger partial charge in [0.15, 0.2) is 0 Å². The number of anilines is 1. The fraction of sp³-hybridized carbons (Fsp3) is 0.174. The molecule has 2 heterocycles. The summed E-state index contributed by atoms with van der Waals surface area (Å²) in [6, 6.07) is 16.0. The Hall–Kier alpha value is -3.45. The van der Waals surface area contributed by atoms with E-state index < -0.39 is 5.97 Å². The highest BCUT2D eigenvalue weighted by Crippen LogP contribution is 2.26. The fourth-order valence-corrected chi connectivity index (χ4v) is 4.12. The average molecular weight is 420 g/mol. The van der Waals surface area contributed by atoms with Crippen molar-refractivity contribution in [1.29, 1.82) is 0 Å². The maximum absolute atomic E-state index is 11.9. The lowest BCUT2D eigenvalue weighted by Gasteiger charge is -2.08. The van der Waals surface area contributed by atoms with Gasteiger partial charge in [0.05, 0.1) is 18.2 Å². The lowest BCUT2D eigenvalue weighted by Crippen LogP contribution is -2.08. The molecule has 4 aromatic rings. The molecule has 1 N–H and O–H groups in total. The van der Waals surface area contributed by atoms with Crippen LogP contribution < -0.4 is 10.8 Å². The summed E-state index contributed by atoms with van der Waals surface area (Å²) in [6.45, 7) is 5.84. The normalized spacial score (nSPS) is 11.7. The minimum atomic E-state index is -0.403. The molecule has 0 spiro atoms. The van der Waals surface area contributed by atoms with Crippen LogP contribution in [0.5, 0.6) is 0 Å². The number of hydrogen-bond donors (Lipinski definition) is 1. The van der Waals surface area contributed by atoms with Crippen molar-refractivity contribution >= 4 is 33.4 Å². The predicted octanol–water partition coefficient (Wildman–Crippen LogP) is 5.20. The van der Waals surface area contributed by atoms with E-state index >= 15 is 0 Å². The Balaban J connectivity index is 1.85. The number of fused-ring (bicyclic) bond motifs is 1. The molecule has 0 amide bonds. The zero-order valence-corrected chi connectivity index (χ0v) is 18.0. The van der Waals surface area contributed by atoms with Crippen LogP contribution in [0.3, 0.4) is 0 Å². The van der Waals surface area contributed by atoms with E-state index in [1.54, 1.807) is 6.92 Å². The highest BCUT2D eigenvalue weighted by molar-refractivity contribution is 7.17. The van der Waals surface area contributed by atoms with Gasteiger partial charge in [0.1, 0.15) is 16.2 Å². The van der Waals surface area contributed by atoms with Crippen LogP contribution in [0.15, 0.2) is 58.0 Å². The first-order valence-electron chi connectivity index (χ1n) is 9.42. The monoisotopic (exact) mass is 419 g/mol. The molecule has 0 saturated heterocycles. The van der Waals surface area contributed by atoms with Gasteiger partial charge in [-0.25, -0.2) is 9.78 Å². The van der Waals surface area contributed by atoms with Gasteiger partial charge in [0.2, 0.25) is 5.13 Å². The number of benzene rings is 2. The molecule has 6 nitrogen and oxygen atoms in total. The smallest absolute Gasteiger partial charge is 0.350 e. The fourth-order valence-electron chi connectivity index (χ4n) is 3.29. The van der Waals surface area contributed by atoms with Gasteiger partial charge in [-0.1, -0.05) is 47.7 Å². The number of nitrogens with one attached hydrogen (secondary N) is 1. The molecule has 0 bridgehead atoms. The quantitative estimate of drug-likeness (QED) is 0.364. The van der Waals surface area contributed by atoms with E-state index in [0.717, 1.165) is 38.8 Å². The number of ether oxygens (including phenoxy) is 1. The summed E-state index contributed by atoms with van der Waals surface area (Å²) >= 11 is 1.21. The van der Waals surface area contributed by atoms with Crippen LogP contribution in [0.2, 0.25) is 0 Å². The summed E-state index contributed by atoms with van der Waals surface area (Å²) in [6.07, 6.45) is 0. The number of carbonyl (C=O) groups is 1. The number of aryl methyl sites for hydroxylation is 3. The molecule has 0 aliphatic carbocycles. The van der Waals surface area contributed by atoms with Crippen LogP contribution in [0, 0.1) is 20.8 Å². The van der Waals surface area contributed by atoms with Crippen molar-refractivity contribution < 1.29 is 13.9 Å². The van der Waals surface area contributed by atoms with Crippen LogP contribution in [0.1, 0.15) is 26.5 Å². The molecule has 2 aromatic heterocycles. The third-order valence-electron chi connectivity index (χ3n) is 4.67. The van der Waals surface area contributed by atoms with E-state index in [1.807, 2.05) is 56.3 Å². The first-order valence-corrected chi connectivity index (χ1v) is 10.2. The van der Waals surface area contributed by atoms with Crippen LogP contribution in [-0.4, -0.2) is 18.1 Å². The lowest BCUT2D eigenvalue weighted by atomic mass is 10.1. The van der Waals surface area contributed by atoms with Crippen molar-refractivity contribution in [2.45, 2.75) is 20.8 Å². The summed E-state index contributed by atoms with van der Waals surface area (Å²) in [5, 5.41) is 6.75. The van der Waals surface area contributed by atoms with E-state index in [1.165, 1.54) is 18.4 Å². The van der Waals surface area contributed by atoms with E-state index in [2.05, 4.69) is 21.6 Å². The zero-order chi connectivity index (χ0) is 21.3. The van der Waals surface area contributed by atoms with Gasteiger partial charge in [0.25, 0.3) is 0 Å². The van der Waals surface area contributed by atoms with Crippen LogP contribution in [-0.2, 0) is 4.74 Å². The van der Waals surface area contributed by atoms with Crippen molar-refractivity contribution in [1.82, 2.24) is 4.98 Å². The van der Waals surface area contributed by atoms with E-state index in [-0.39, 0.29) is 0 Å². The summed E-state index contributed by atoms with van der Waals surface area (Å²) in [5.74, 6) is 0.320. The Morgan fingerprint density at radius 3 is 2.63 bits per heavy atom. The highest BCUT2D eigenvalue weighted by atomic mass is 32.1. The first kappa shape index (κ1) is 19.8. The molecule has 0 atom stereocenters. The maximum atomic E-state index is 11.9. The molecule has 2 aromatic carbocycles. The Morgan fingerprint density at radius 2 is 1.90 bits per heavy atom. The Labute approximate surface area is 177 Å². The predicted molar refractivity (Wildman–Crippen MR) is 119 cm³/mol. The number of methoxy groups -OCH3 is 1. The van der Waals surface area contributed by atoms with Crippen molar-refractivity contribution in [2.75, 3.05) is 12.5 Å². The summed E-state index contributed by atoms with van der Waals surface area (Å²) in [7, 11) is 1.36. The van der Waals surface area contributed by atoms with Gasteiger partial charge >= 0.3 is 5.97 Å². The largest absolute Gasteiger partial charge is 0.465 e. The first-order chi connectivity index (χ1) is 14.5. The van der Waals surface area contributed by atoms with Gasteiger partial charge in [-0.05, 0) is 38.0 Å². The minimum absolute atomic E-state index is 0.403. The number of thiazole rings is 1. The number of hydrogen-bond acceptors (Lipinski definition) is 7. The SMILES string of the molecule is COC(=O)c1sc(N/N=c2/cc(-c3ccccc3)oc3c(C)cc(C)cc23)nc1C. The summed E-state index contributed by atoms with van der Waals surface area (Å²) in [5.41, 5.74) is 7.51. The molecule has 152 valence electrons. The topological polar surface area (TPSA) is 76.7 Å². The molecule has 0 aliphatic heterocycles. The van der Waals surface area contributed by atoms with Crippen molar-refractivity contribution in [3.63, 3.8) is 0 Å². The average Bonchev–Trinajstić information content (AvgIpc) is 3.12. The third-order valence-corrected chi connectivity index (χ3v) is 5.71. The molecule has 30 heavy (non-hydrogen) atoms. The Bertz CT molecular complexity index is 1310. The van der Waals surface area contributed by atoms with Crippen LogP contribution >= 0.6 is 11.3 Å². The molecular formula is C23H21N3O3S. The summed E-state index contributed by atoms with van der Waals surface area (Å²) < 4.78 is 11.0. The molecule has 0 radical (unpaired) electrons. The minimum Gasteiger partial charge on any atom is -0.465 e. The number of rotatable bonds is 4. The second-order valence-corrected chi connectivity index (χ2v) is 7.97. The zero-order valence-electron chi connectivity index (χ0n) is 17.1. The number of aromatic nitrogens is 1. The molecule has 0 fully saturated rings. The van der Waals surface area contributed by atoms with Crippen molar-refractivity contribution in [3.8, 4) is 11.3 Å². The molecule has 0 aliphatic rings. The Kier molecular flexibility index (Phi) is 5.37. The van der Waals surface area contributed by atoms with Gasteiger partial charge in [-0.3, -0.25) is 5.43 Å². The highest BCUT2D eigenvalue weighted by Gasteiger charge is 2.15. The molecule has 7 heteroatoms. The Morgan fingerprint density at radius 1 is 1.13 bits per heavy atom. The number of esters is 1. The van der Waals surface area contributed by atoms with E-state index in [0.29, 0.717) is 15.7 Å². The third kappa shape index (κ3) is 3.84. The second kappa shape index (κ2) is 8.12. The molecular weight excluding hydrogens is 398 g/mol. The van der Waals surface area contributed by atoms with Crippen LogP contribution in [0.25, 0.3) is 22.3 Å². The van der Waals surface area contributed by atoms with E-state index in [4.69, 9.17) is 9.15 Å². The van der Waals surface area contributed by atoms with Crippen molar-refractivity contribution in [2.24, 2.45) is 5.10 Å². The number of carbonyl (C=O) groups excluding carboxylic acids is 1.